The van der Waals surface area contributed by atoms with E-state index >= 15 is 0 Å². The van der Waals surface area contributed by atoms with Gasteiger partial charge in [-0.25, -0.2) is 12.8 Å². The first kappa shape index (κ1) is 22.5. The van der Waals surface area contributed by atoms with Crippen LogP contribution in [0.25, 0.3) is 0 Å². The molecule has 0 aliphatic carbocycles. The normalized spacial score (nSPS) is 12.3. The Hall–Kier alpha value is -3.19. The van der Waals surface area contributed by atoms with Crippen molar-refractivity contribution in [1.29, 1.82) is 0 Å². The monoisotopic (exact) mass is 440 g/mol. The van der Waals surface area contributed by atoms with Crippen molar-refractivity contribution in [2.24, 2.45) is 0 Å². The van der Waals surface area contributed by atoms with Gasteiger partial charge in [0.05, 0.1) is 16.6 Å². The fourth-order valence-corrected chi connectivity index (χ4v) is 4.66. The van der Waals surface area contributed by atoms with Gasteiger partial charge in [0.15, 0.2) is 0 Å². The van der Waals surface area contributed by atoms with Gasteiger partial charge in [0, 0.05) is 0 Å². The maximum atomic E-state index is 14.5. The van der Waals surface area contributed by atoms with Crippen molar-refractivity contribution in [2.75, 3.05) is 10.8 Å². The molecular formula is C24H25FN2O3S. The summed E-state index contributed by atoms with van der Waals surface area (Å²) in [6.07, 6.45) is 0. The summed E-state index contributed by atoms with van der Waals surface area (Å²) < 4.78 is 41.8. The second kappa shape index (κ2) is 9.31. The Balaban J connectivity index is 1.89. The smallest absolute Gasteiger partial charge is 0.264 e. The summed E-state index contributed by atoms with van der Waals surface area (Å²) in [7, 11) is -4.15. The van der Waals surface area contributed by atoms with Gasteiger partial charge in [0.25, 0.3) is 10.0 Å². The molecule has 0 aromatic heterocycles. The maximum absolute atomic E-state index is 14.5. The summed E-state index contributed by atoms with van der Waals surface area (Å²) in [5, 5.41) is 2.82. The van der Waals surface area contributed by atoms with E-state index in [2.05, 4.69) is 5.32 Å². The van der Waals surface area contributed by atoms with Crippen LogP contribution < -0.4 is 9.62 Å². The van der Waals surface area contributed by atoms with E-state index in [0.717, 1.165) is 21.0 Å². The lowest BCUT2D eigenvalue weighted by Crippen LogP contribution is -2.42. The van der Waals surface area contributed by atoms with Gasteiger partial charge in [-0.15, -0.1) is 0 Å². The number of hydrogen-bond acceptors (Lipinski definition) is 3. The number of anilines is 1. The van der Waals surface area contributed by atoms with Crippen LogP contribution in [0.4, 0.5) is 10.1 Å². The van der Waals surface area contributed by atoms with E-state index < -0.39 is 28.3 Å². The average Bonchev–Trinajstić information content (AvgIpc) is 2.75. The first-order chi connectivity index (χ1) is 14.7. The number of aryl methyl sites for hydroxylation is 2. The molecule has 31 heavy (non-hydrogen) atoms. The highest BCUT2D eigenvalue weighted by atomic mass is 32.2. The van der Waals surface area contributed by atoms with Crippen molar-refractivity contribution < 1.29 is 17.6 Å². The number of halogens is 1. The summed E-state index contributed by atoms with van der Waals surface area (Å²) in [6, 6.07) is 18.7. The Labute approximate surface area is 182 Å². The minimum absolute atomic E-state index is 0.0201. The van der Waals surface area contributed by atoms with E-state index in [1.165, 1.54) is 36.4 Å². The van der Waals surface area contributed by atoms with Crippen LogP contribution in [0.5, 0.6) is 0 Å². The number of sulfonamides is 1. The van der Waals surface area contributed by atoms with Gasteiger partial charge in [-0.05, 0) is 61.7 Å². The Morgan fingerprint density at radius 1 is 0.968 bits per heavy atom. The van der Waals surface area contributed by atoms with Gasteiger partial charge >= 0.3 is 0 Å². The lowest BCUT2D eigenvalue weighted by atomic mass is 10.0. The number of nitrogens with zero attached hydrogens (tertiary/aromatic N) is 1. The fraction of sp³-hybridized carbons (Fsp3) is 0.208. The van der Waals surface area contributed by atoms with Crippen LogP contribution in [-0.2, 0) is 14.8 Å². The molecule has 0 radical (unpaired) electrons. The molecule has 0 saturated carbocycles. The highest BCUT2D eigenvalue weighted by Crippen LogP contribution is 2.26. The third-order valence-electron chi connectivity index (χ3n) is 5.15. The molecule has 1 atom stereocenters. The van der Waals surface area contributed by atoms with E-state index in [0.29, 0.717) is 0 Å². The molecule has 3 aromatic carbocycles. The number of benzene rings is 3. The molecule has 0 bridgehead atoms. The molecule has 0 fully saturated rings. The van der Waals surface area contributed by atoms with Crippen LogP contribution in [0.2, 0.25) is 0 Å². The highest BCUT2D eigenvalue weighted by Gasteiger charge is 2.29. The SMILES string of the molecule is Cc1ccc(C(C)NC(=O)CN(c2ccccc2F)S(=O)(=O)c2ccccc2)cc1C. The van der Waals surface area contributed by atoms with E-state index in [1.54, 1.807) is 18.2 Å². The molecule has 0 aliphatic rings. The minimum atomic E-state index is -4.15. The molecule has 1 amide bonds. The number of carbonyl (C=O) groups excluding carboxylic acids is 1. The fourth-order valence-electron chi connectivity index (χ4n) is 3.21. The highest BCUT2D eigenvalue weighted by molar-refractivity contribution is 7.92. The zero-order valence-corrected chi connectivity index (χ0v) is 18.5. The second-order valence-corrected chi connectivity index (χ2v) is 9.27. The number of hydrogen-bond donors (Lipinski definition) is 1. The van der Waals surface area contributed by atoms with Crippen molar-refractivity contribution in [3.8, 4) is 0 Å². The number of amides is 1. The van der Waals surface area contributed by atoms with E-state index in [-0.39, 0.29) is 16.6 Å². The molecule has 3 aromatic rings. The molecule has 1 N–H and O–H groups in total. The molecule has 3 rings (SSSR count). The number of nitrogens with one attached hydrogen (secondary N) is 1. The number of rotatable bonds is 7. The standard InChI is InChI=1S/C24H25FN2O3S/c1-17-13-14-20(15-18(17)2)19(3)26-24(28)16-27(23-12-8-7-11-22(23)25)31(29,30)21-9-5-4-6-10-21/h4-15,19H,16H2,1-3H3,(H,26,28). The second-order valence-electron chi connectivity index (χ2n) is 7.41. The molecule has 0 saturated heterocycles. The predicted octanol–water partition coefficient (Wildman–Crippen LogP) is 4.52. The zero-order chi connectivity index (χ0) is 22.6. The van der Waals surface area contributed by atoms with Crippen molar-refractivity contribution in [1.82, 2.24) is 5.32 Å². The van der Waals surface area contributed by atoms with Crippen molar-refractivity contribution in [3.05, 3.63) is 95.3 Å². The topological polar surface area (TPSA) is 66.5 Å². The molecular weight excluding hydrogens is 415 g/mol. The third kappa shape index (κ3) is 5.11. The molecule has 1 unspecified atom stereocenters. The first-order valence-electron chi connectivity index (χ1n) is 9.89. The number of para-hydroxylation sites is 1. The zero-order valence-electron chi connectivity index (χ0n) is 17.7. The summed E-state index contributed by atoms with van der Waals surface area (Å²) >= 11 is 0. The summed E-state index contributed by atoms with van der Waals surface area (Å²) in [6.45, 7) is 5.26. The van der Waals surface area contributed by atoms with Crippen molar-refractivity contribution >= 4 is 21.6 Å². The summed E-state index contributed by atoms with van der Waals surface area (Å²) in [5.41, 5.74) is 2.96. The van der Waals surface area contributed by atoms with Crippen molar-refractivity contribution in [2.45, 2.75) is 31.7 Å². The molecule has 5 nitrogen and oxygen atoms in total. The van der Waals surface area contributed by atoms with Crippen LogP contribution in [0, 0.1) is 19.7 Å². The molecule has 0 spiro atoms. The van der Waals surface area contributed by atoms with Crippen LogP contribution in [0.3, 0.4) is 0 Å². The molecule has 0 aliphatic heterocycles. The van der Waals surface area contributed by atoms with Gasteiger partial charge in [0.1, 0.15) is 12.4 Å². The van der Waals surface area contributed by atoms with E-state index in [4.69, 9.17) is 0 Å². The largest absolute Gasteiger partial charge is 0.348 e. The van der Waals surface area contributed by atoms with Crippen LogP contribution in [0.1, 0.15) is 29.7 Å². The van der Waals surface area contributed by atoms with Gasteiger partial charge < -0.3 is 5.32 Å². The molecule has 7 heteroatoms. The molecule has 162 valence electrons. The number of carbonyl (C=O) groups is 1. The average molecular weight is 441 g/mol. The Kier molecular flexibility index (Phi) is 6.75. The van der Waals surface area contributed by atoms with Gasteiger partial charge in [-0.1, -0.05) is 48.5 Å². The first-order valence-corrected chi connectivity index (χ1v) is 11.3. The lowest BCUT2D eigenvalue weighted by molar-refractivity contribution is -0.120. The maximum Gasteiger partial charge on any atom is 0.264 e. The van der Waals surface area contributed by atoms with Gasteiger partial charge in [-0.2, -0.15) is 0 Å². The van der Waals surface area contributed by atoms with E-state index in [1.807, 2.05) is 39.0 Å². The van der Waals surface area contributed by atoms with Gasteiger partial charge in [-0.3, -0.25) is 9.10 Å². The van der Waals surface area contributed by atoms with Crippen LogP contribution in [0.15, 0.2) is 77.7 Å². The van der Waals surface area contributed by atoms with Crippen molar-refractivity contribution in [3.63, 3.8) is 0 Å². The summed E-state index contributed by atoms with van der Waals surface area (Å²) in [5.74, 6) is -1.26. The Morgan fingerprint density at radius 2 is 1.61 bits per heavy atom. The van der Waals surface area contributed by atoms with Gasteiger partial charge in [0.2, 0.25) is 5.91 Å². The van der Waals surface area contributed by atoms with Crippen LogP contribution in [-0.4, -0.2) is 20.9 Å². The quantitative estimate of drug-likeness (QED) is 0.588. The van der Waals surface area contributed by atoms with E-state index in [9.17, 15) is 17.6 Å². The Morgan fingerprint density at radius 3 is 2.26 bits per heavy atom. The summed E-state index contributed by atoms with van der Waals surface area (Å²) in [4.78, 5) is 12.8. The minimum Gasteiger partial charge on any atom is -0.348 e. The lowest BCUT2D eigenvalue weighted by Gasteiger charge is -2.25. The third-order valence-corrected chi connectivity index (χ3v) is 6.92. The predicted molar refractivity (Wildman–Crippen MR) is 120 cm³/mol. The van der Waals surface area contributed by atoms with Crippen LogP contribution >= 0.6 is 0 Å². The Bertz CT molecular complexity index is 1180. The molecule has 0 heterocycles.